The Labute approximate surface area is 113 Å². The van der Waals surface area contributed by atoms with Crippen molar-refractivity contribution in [2.45, 2.75) is 20.8 Å². The van der Waals surface area contributed by atoms with Crippen LogP contribution in [0.3, 0.4) is 0 Å². The normalized spacial score (nSPS) is 10.5. The molecule has 0 unspecified atom stereocenters. The third-order valence-electron chi connectivity index (χ3n) is 3.17. The molecule has 0 spiro atoms. The Morgan fingerprint density at radius 1 is 1.32 bits per heavy atom. The number of ketones is 1. The highest BCUT2D eigenvalue weighted by Gasteiger charge is 2.21. The van der Waals surface area contributed by atoms with Crippen LogP contribution in [0.4, 0.5) is 0 Å². The molecular formula is C15H18N2O2. The summed E-state index contributed by atoms with van der Waals surface area (Å²) in [5, 5.41) is 4.29. The second-order valence-electron chi connectivity index (χ2n) is 4.43. The van der Waals surface area contributed by atoms with E-state index in [0.717, 1.165) is 11.4 Å². The number of carbonyl (C=O) groups excluding carboxylic acids is 1. The van der Waals surface area contributed by atoms with Crippen LogP contribution in [-0.2, 0) is 7.05 Å². The quantitative estimate of drug-likeness (QED) is 0.792. The van der Waals surface area contributed by atoms with Crippen LogP contribution in [0.1, 0.15) is 34.2 Å². The highest BCUT2D eigenvalue weighted by Crippen LogP contribution is 2.24. The first-order valence-electron chi connectivity index (χ1n) is 6.33. The van der Waals surface area contributed by atoms with Crippen molar-refractivity contribution in [3.8, 4) is 5.75 Å². The topological polar surface area (TPSA) is 44.1 Å². The Morgan fingerprint density at radius 3 is 2.58 bits per heavy atom. The van der Waals surface area contributed by atoms with Gasteiger partial charge in [0.1, 0.15) is 5.75 Å². The van der Waals surface area contributed by atoms with Crippen molar-refractivity contribution in [1.29, 1.82) is 0 Å². The van der Waals surface area contributed by atoms with Gasteiger partial charge in [0.05, 0.1) is 23.4 Å². The largest absolute Gasteiger partial charge is 0.493 e. The molecular weight excluding hydrogens is 240 g/mol. The fourth-order valence-electron chi connectivity index (χ4n) is 2.17. The molecule has 0 saturated carbocycles. The van der Waals surface area contributed by atoms with Crippen LogP contribution in [0.15, 0.2) is 24.3 Å². The number of ether oxygens (including phenoxy) is 1. The van der Waals surface area contributed by atoms with E-state index in [1.54, 1.807) is 10.7 Å². The number of hydrogen-bond donors (Lipinski definition) is 0. The Hall–Kier alpha value is -2.10. The van der Waals surface area contributed by atoms with Crippen LogP contribution >= 0.6 is 0 Å². The van der Waals surface area contributed by atoms with Crippen LogP contribution in [0, 0.1) is 13.8 Å². The van der Waals surface area contributed by atoms with E-state index in [4.69, 9.17) is 4.74 Å². The minimum atomic E-state index is -0.0350. The number of aromatic nitrogens is 2. The van der Waals surface area contributed by atoms with Gasteiger partial charge < -0.3 is 4.74 Å². The highest BCUT2D eigenvalue weighted by molar-refractivity contribution is 6.12. The molecule has 0 bridgehead atoms. The van der Waals surface area contributed by atoms with Crippen LogP contribution < -0.4 is 4.74 Å². The number of carbonyl (C=O) groups is 1. The lowest BCUT2D eigenvalue weighted by Gasteiger charge is -2.09. The predicted molar refractivity (Wildman–Crippen MR) is 73.7 cm³/mol. The molecule has 2 aromatic rings. The zero-order valence-corrected chi connectivity index (χ0v) is 11.7. The predicted octanol–water partition coefficient (Wildman–Crippen LogP) is 2.67. The molecule has 1 aromatic carbocycles. The van der Waals surface area contributed by atoms with E-state index in [1.165, 1.54) is 0 Å². The van der Waals surface area contributed by atoms with E-state index >= 15 is 0 Å². The molecule has 0 amide bonds. The number of benzene rings is 1. The summed E-state index contributed by atoms with van der Waals surface area (Å²) in [5.74, 6) is 0.588. The number of hydrogen-bond acceptors (Lipinski definition) is 3. The van der Waals surface area contributed by atoms with Crippen molar-refractivity contribution in [3.63, 3.8) is 0 Å². The van der Waals surface area contributed by atoms with Gasteiger partial charge >= 0.3 is 0 Å². The van der Waals surface area contributed by atoms with Gasteiger partial charge in [-0.1, -0.05) is 12.1 Å². The van der Waals surface area contributed by atoms with E-state index in [2.05, 4.69) is 5.10 Å². The molecule has 2 rings (SSSR count). The van der Waals surface area contributed by atoms with Crippen molar-refractivity contribution in [2.75, 3.05) is 6.61 Å². The summed E-state index contributed by atoms with van der Waals surface area (Å²) in [6.45, 7) is 6.19. The van der Waals surface area contributed by atoms with E-state index in [1.807, 2.05) is 46.0 Å². The number of rotatable bonds is 4. The lowest BCUT2D eigenvalue weighted by Crippen LogP contribution is -2.07. The standard InChI is InChI=1S/C15H18N2O2/c1-5-19-13-9-7-6-8-12(13)15(18)14-10(2)16-17(4)11(14)3/h6-9H,5H2,1-4H3. The third-order valence-corrected chi connectivity index (χ3v) is 3.17. The molecule has 1 aromatic heterocycles. The summed E-state index contributed by atoms with van der Waals surface area (Å²) in [6.07, 6.45) is 0. The smallest absolute Gasteiger partial charge is 0.200 e. The number of aryl methyl sites for hydroxylation is 2. The molecule has 19 heavy (non-hydrogen) atoms. The maximum atomic E-state index is 12.7. The molecule has 0 fully saturated rings. The summed E-state index contributed by atoms with van der Waals surface area (Å²) < 4.78 is 7.25. The van der Waals surface area contributed by atoms with Gasteiger partial charge in [-0.3, -0.25) is 9.48 Å². The van der Waals surface area contributed by atoms with Crippen molar-refractivity contribution >= 4 is 5.78 Å². The van der Waals surface area contributed by atoms with Gasteiger partial charge in [-0.2, -0.15) is 5.10 Å². The molecule has 4 heteroatoms. The van der Waals surface area contributed by atoms with Gasteiger partial charge in [-0.05, 0) is 32.9 Å². The summed E-state index contributed by atoms with van der Waals surface area (Å²) in [4.78, 5) is 12.7. The molecule has 0 N–H and O–H groups in total. The van der Waals surface area contributed by atoms with Crippen LogP contribution in [0.25, 0.3) is 0 Å². The molecule has 0 saturated heterocycles. The van der Waals surface area contributed by atoms with Gasteiger partial charge in [-0.25, -0.2) is 0 Å². The Bertz CT molecular complexity index is 615. The van der Waals surface area contributed by atoms with Gasteiger partial charge in [0.15, 0.2) is 5.78 Å². The van der Waals surface area contributed by atoms with Crippen molar-refractivity contribution < 1.29 is 9.53 Å². The van der Waals surface area contributed by atoms with Crippen LogP contribution in [-0.4, -0.2) is 22.2 Å². The van der Waals surface area contributed by atoms with E-state index in [0.29, 0.717) is 23.5 Å². The monoisotopic (exact) mass is 258 g/mol. The maximum Gasteiger partial charge on any atom is 0.200 e. The molecule has 1 heterocycles. The van der Waals surface area contributed by atoms with E-state index in [-0.39, 0.29) is 5.78 Å². The summed E-state index contributed by atoms with van der Waals surface area (Å²) in [6, 6.07) is 7.32. The minimum Gasteiger partial charge on any atom is -0.493 e. The second kappa shape index (κ2) is 5.26. The first-order valence-corrected chi connectivity index (χ1v) is 6.33. The van der Waals surface area contributed by atoms with Gasteiger partial charge in [-0.15, -0.1) is 0 Å². The highest BCUT2D eigenvalue weighted by atomic mass is 16.5. The summed E-state index contributed by atoms with van der Waals surface area (Å²) in [7, 11) is 1.84. The zero-order chi connectivity index (χ0) is 14.0. The van der Waals surface area contributed by atoms with E-state index in [9.17, 15) is 4.79 Å². The molecule has 0 radical (unpaired) electrons. The summed E-state index contributed by atoms with van der Waals surface area (Å²) in [5.41, 5.74) is 2.86. The van der Waals surface area contributed by atoms with Crippen molar-refractivity contribution in [1.82, 2.24) is 9.78 Å². The molecule has 100 valence electrons. The zero-order valence-electron chi connectivity index (χ0n) is 11.7. The Morgan fingerprint density at radius 2 is 2.00 bits per heavy atom. The van der Waals surface area contributed by atoms with Crippen molar-refractivity contribution in [2.24, 2.45) is 7.05 Å². The van der Waals surface area contributed by atoms with E-state index < -0.39 is 0 Å². The van der Waals surface area contributed by atoms with Crippen LogP contribution in [0.5, 0.6) is 5.75 Å². The minimum absolute atomic E-state index is 0.0350. The average Bonchev–Trinajstić information content (AvgIpc) is 2.64. The lowest BCUT2D eigenvalue weighted by molar-refractivity contribution is 0.103. The SMILES string of the molecule is CCOc1ccccc1C(=O)c1c(C)nn(C)c1C. The Kier molecular flexibility index (Phi) is 3.69. The fraction of sp³-hybridized carbons (Fsp3) is 0.333. The van der Waals surface area contributed by atoms with Gasteiger partial charge in [0.2, 0.25) is 0 Å². The average molecular weight is 258 g/mol. The molecule has 4 nitrogen and oxygen atoms in total. The van der Waals surface area contributed by atoms with Gasteiger partial charge in [0, 0.05) is 12.7 Å². The van der Waals surface area contributed by atoms with Crippen molar-refractivity contribution in [3.05, 3.63) is 46.8 Å². The third kappa shape index (κ3) is 2.38. The molecule has 0 aliphatic heterocycles. The van der Waals surface area contributed by atoms with Crippen LogP contribution in [0.2, 0.25) is 0 Å². The first kappa shape index (κ1) is 13.3. The molecule has 0 atom stereocenters. The first-order chi connectivity index (χ1) is 9.06. The maximum absolute atomic E-state index is 12.7. The summed E-state index contributed by atoms with van der Waals surface area (Å²) >= 11 is 0. The molecule has 0 aliphatic rings. The lowest BCUT2D eigenvalue weighted by atomic mass is 10.0. The molecule has 0 aliphatic carbocycles. The number of nitrogens with zero attached hydrogens (tertiary/aromatic N) is 2. The number of para-hydroxylation sites is 1. The van der Waals surface area contributed by atoms with Gasteiger partial charge in [0.25, 0.3) is 0 Å². The fourth-order valence-corrected chi connectivity index (χ4v) is 2.17. The second-order valence-corrected chi connectivity index (χ2v) is 4.43. The Balaban J connectivity index is 2.50.